The zero-order chi connectivity index (χ0) is 21.8. The van der Waals surface area contributed by atoms with E-state index in [4.69, 9.17) is 14.2 Å². The number of aliphatic hydroxyl groups excluding tert-OH is 4. The van der Waals surface area contributed by atoms with Crippen LogP contribution in [0.15, 0.2) is 18.2 Å². The van der Waals surface area contributed by atoms with E-state index in [2.05, 4.69) is 45.9 Å². The van der Waals surface area contributed by atoms with Crippen molar-refractivity contribution in [2.45, 2.75) is 82.8 Å². The SMILES string of the molecule is Cc1ccc2c(c1)[C@@]1(C)CC[C@H](O[C@@H]3O[C@H](CO)[C@@H](O)[C@H](O)[C@H]3O)C(C)(C)[C@H]1CO2. The Bertz CT molecular complexity index is 779. The van der Waals surface area contributed by atoms with E-state index in [1.807, 2.05) is 0 Å². The lowest BCUT2D eigenvalue weighted by Crippen LogP contribution is -2.62. The molecule has 2 aliphatic heterocycles. The summed E-state index contributed by atoms with van der Waals surface area (Å²) >= 11 is 0. The van der Waals surface area contributed by atoms with Gasteiger partial charge in [-0.3, -0.25) is 0 Å². The van der Waals surface area contributed by atoms with E-state index in [0.29, 0.717) is 6.61 Å². The Labute approximate surface area is 177 Å². The topological polar surface area (TPSA) is 109 Å². The van der Waals surface area contributed by atoms with Gasteiger partial charge >= 0.3 is 0 Å². The number of benzene rings is 1. The Morgan fingerprint density at radius 3 is 2.53 bits per heavy atom. The molecule has 7 heteroatoms. The van der Waals surface area contributed by atoms with Gasteiger partial charge in [0.2, 0.25) is 0 Å². The molecular weight excluding hydrogens is 388 g/mol. The maximum Gasteiger partial charge on any atom is 0.186 e. The smallest absolute Gasteiger partial charge is 0.186 e. The first-order valence-electron chi connectivity index (χ1n) is 10.8. The van der Waals surface area contributed by atoms with Gasteiger partial charge < -0.3 is 34.6 Å². The third-order valence-corrected chi connectivity index (χ3v) is 7.73. The molecule has 4 rings (SSSR count). The molecule has 30 heavy (non-hydrogen) atoms. The van der Waals surface area contributed by atoms with Gasteiger partial charge in [0.1, 0.15) is 30.2 Å². The molecule has 0 aromatic heterocycles. The second-order valence-electron chi connectivity index (χ2n) is 9.96. The van der Waals surface area contributed by atoms with Gasteiger partial charge in [-0.2, -0.15) is 0 Å². The first kappa shape index (κ1) is 22.0. The number of rotatable bonds is 3. The highest BCUT2D eigenvalue weighted by Gasteiger charge is 2.56. The average molecular weight is 423 g/mol. The number of fused-ring (bicyclic) bond motifs is 3. The molecule has 0 unspecified atom stereocenters. The molecule has 0 spiro atoms. The molecule has 1 aromatic rings. The molecule has 1 aliphatic carbocycles. The Hall–Kier alpha value is -1.22. The number of hydrogen-bond donors (Lipinski definition) is 4. The summed E-state index contributed by atoms with van der Waals surface area (Å²) in [5.41, 5.74) is 2.08. The van der Waals surface area contributed by atoms with Gasteiger partial charge in [0, 0.05) is 16.9 Å². The quantitative estimate of drug-likeness (QED) is 0.581. The van der Waals surface area contributed by atoms with E-state index in [0.717, 1.165) is 18.6 Å². The predicted molar refractivity (Wildman–Crippen MR) is 109 cm³/mol. The standard InChI is InChI=1S/C23H34O7/c1-12-5-6-14-13(9-12)23(4)8-7-17(22(2,3)16(23)11-28-14)30-21-20(27)19(26)18(25)15(10-24)29-21/h5-6,9,15-21,24-27H,7-8,10-11H2,1-4H3/t15-,16-,17+,18-,19+,20-,21+,23-/m1/s1. The lowest BCUT2D eigenvalue weighted by atomic mass is 9.52. The highest BCUT2D eigenvalue weighted by molar-refractivity contribution is 5.45. The van der Waals surface area contributed by atoms with Crippen molar-refractivity contribution in [3.8, 4) is 5.75 Å². The van der Waals surface area contributed by atoms with Crippen molar-refractivity contribution in [1.82, 2.24) is 0 Å². The van der Waals surface area contributed by atoms with Crippen LogP contribution in [0.1, 0.15) is 44.7 Å². The zero-order valence-electron chi connectivity index (χ0n) is 18.1. The van der Waals surface area contributed by atoms with Crippen LogP contribution >= 0.6 is 0 Å². The van der Waals surface area contributed by atoms with E-state index in [1.54, 1.807) is 0 Å². The molecule has 4 N–H and O–H groups in total. The highest BCUT2D eigenvalue weighted by Crippen LogP contribution is 2.57. The largest absolute Gasteiger partial charge is 0.493 e. The van der Waals surface area contributed by atoms with Crippen LogP contribution in [0.25, 0.3) is 0 Å². The third kappa shape index (κ3) is 3.36. The van der Waals surface area contributed by atoms with Crippen LogP contribution in [-0.2, 0) is 14.9 Å². The van der Waals surface area contributed by atoms with Crippen molar-refractivity contribution < 1.29 is 34.6 Å². The van der Waals surface area contributed by atoms with Crippen molar-refractivity contribution in [3.63, 3.8) is 0 Å². The summed E-state index contributed by atoms with van der Waals surface area (Å²) in [5.74, 6) is 1.13. The van der Waals surface area contributed by atoms with Gasteiger partial charge in [0.15, 0.2) is 6.29 Å². The summed E-state index contributed by atoms with van der Waals surface area (Å²) < 4.78 is 17.9. The summed E-state index contributed by atoms with van der Waals surface area (Å²) in [6.07, 6.45) is -4.91. The number of ether oxygens (including phenoxy) is 3. The van der Waals surface area contributed by atoms with Crippen LogP contribution < -0.4 is 4.74 Å². The maximum absolute atomic E-state index is 10.4. The molecule has 3 aliphatic rings. The van der Waals surface area contributed by atoms with Crippen LogP contribution in [0, 0.1) is 18.3 Å². The van der Waals surface area contributed by atoms with Crippen LogP contribution in [0.5, 0.6) is 5.75 Å². The Balaban J connectivity index is 1.57. The Morgan fingerprint density at radius 1 is 1.10 bits per heavy atom. The summed E-state index contributed by atoms with van der Waals surface area (Å²) in [6.45, 7) is 8.79. The first-order valence-corrected chi connectivity index (χ1v) is 10.8. The summed E-state index contributed by atoms with van der Waals surface area (Å²) in [4.78, 5) is 0. The minimum Gasteiger partial charge on any atom is -0.493 e. The zero-order valence-corrected chi connectivity index (χ0v) is 18.1. The molecule has 0 bridgehead atoms. The number of hydrogen-bond acceptors (Lipinski definition) is 7. The van der Waals surface area contributed by atoms with Gasteiger partial charge in [0.25, 0.3) is 0 Å². The average Bonchev–Trinajstić information content (AvgIpc) is 2.70. The lowest BCUT2D eigenvalue weighted by molar-refractivity contribution is -0.325. The molecule has 168 valence electrons. The molecule has 1 saturated heterocycles. The van der Waals surface area contributed by atoms with E-state index in [1.165, 1.54) is 11.1 Å². The fourth-order valence-corrected chi connectivity index (χ4v) is 5.72. The van der Waals surface area contributed by atoms with Gasteiger partial charge in [0.05, 0.1) is 19.3 Å². The summed E-state index contributed by atoms with van der Waals surface area (Å²) in [5, 5.41) is 40.0. The lowest BCUT2D eigenvalue weighted by Gasteiger charge is -2.57. The fraction of sp³-hybridized carbons (Fsp3) is 0.739. The molecule has 7 nitrogen and oxygen atoms in total. The second-order valence-corrected chi connectivity index (χ2v) is 9.96. The Morgan fingerprint density at radius 2 is 1.83 bits per heavy atom. The van der Waals surface area contributed by atoms with Gasteiger partial charge in [-0.25, -0.2) is 0 Å². The number of aryl methyl sites for hydroxylation is 1. The van der Waals surface area contributed by atoms with Gasteiger partial charge in [-0.1, -0.05) is 38.5 Å². The van der Waals surface area contributed by atoms with Crippen molar-refractivity contribution in [1.29, 1.82) is 0 Å². The monoisotopic (exact) mass is 422 g/mol. The van der Waals surface area contributed by atoms with E-state index in [-0.39, 0.29) is 22.9 Å². The molecular formula is C23H34O7. The molecule has 1 saturated carbocycles. The van der Waals surface area contributed by atoms with Crippen LogP contribution in [0.4, 0.5) is 0 Å². The summed E-state index contributed by atoms with van der Waals surface area (Å²) in [7, 11) is 0. The molecule has 8 atom stereocenters. The van der Waals surface area contributed by atoms with Crippen LogP contribution in [-0.4, -0.2) is 70.4 Å². The number of aliphatic hydroxyl groups is 4. The van der Waals surface area contributed by atoms with E-state index in [9.17, 15) is 20.4 Å². The normalized spacial score (nSPS) is 42.7. The van der Waals surface area contributed by atoms with E-state index >= 15 is 0 Å². The molecule has 0 amide bonds. The predicted octanol–water partition coefficient (Wildman–Crippen LogP) is 1.27. The molecule has 0 radical (unpaired) electrons. The van der Waals surface area contributed by atoms with Crippen molar-refractivity contribution in [3.05, 3.63) is 29.3 Å². The minimum atomic E-state index is -1.44. The first-order chi connectivity index (χ1) is 14.1. The highest BCUT2D eigenvalue weighted by atomic mass is 16.7. The fourth-order valence-electron chi connectivity index (χ4n) is 5.72. The van der Waals surface area contributed by atoms with Gasteiger partial charge in [-0.05, 0) is 31.2 Å². The van der Waals surface area contributed by atoms with Crippen LogP contribution in [0.2, 0.25) is 0 Å². The summed E-state index contributed by atoms with van der Waals surface area (Å²) in [6, 6.07) is 6.34. The minimum absolute atomic E-state index is 0.0572. The molecule has 2 heterocycles. The maximum atomic E-state index is 10.4. The van der Waals surface area contributed by atoms with Crippen molar-refractivity contribution >= 4 is 0 Å². The van der Waals surface area contributed by atoms with E-state index < -0.39 is 37.3 Å². The third-order valence-electron chi connectivity index (χ3n) is 7.73. The molecule has 2 fully saturated rings. The second kappa shape index (κ2) is 7.73. The Kier molecular flexibility index (Phi) is 5.66. The van der Waals surface area contributed by atoms with Gasteiger partial charge in [-0.15, -0.1) is 0 Å². The van der Waals surface area contributed by atoms with Crippen molar-refractivity contribution in [2.24, 2.45) is 11.3 Å². The van der Waals surface area contributed by atoms with Crippen molar-refractivity contribution in [2.75, 3.05) is 13.2 Å². The molecule has 1 aromatic carbocycles. The van der Waals surface area contributed by atoms with Crippen LogP contribution in [0.3, 0.4) is 0 Å².